The molecule has 0 saturated heterocycles. The summed E-state index contributed by atoms with van der Waals surface area (Å²) in [5, 5.41) is 5.74. The largest absolute Gasteiger partial charge is 0.418 e. The van der Waals surface area contributed by atoms with Gasteiger partial charge in [-0.2, -0.15) is 13.2 Å². The lowest BCUT2D eigenvalue weighted by atomic mass is 10.1. The average molecular weight is 296 g/mol. The molecule has 0 radical (unpaired) electrons. The molecule has 0 atom stereocenters. The molecule has 7 heteroatoms. The number of hydrogen-bond acceptors (Lipinski definition) is 4. The predicted molar refractivity (Wildman–Crippen MR) is 75.5 cm³/mol. The fraction of sp³-hybridized carbons (Fsp3) is 0.286. The van der Waals surface area contributed by atoms with E-state index in [2.05, 4.69) is 20.6 Å². The van der Waals surface area contributed by atoms with Crippen LogP contribution in [-0.2, 0) is 6.18 Å². The lowest BCUT2D eigenvalue weighted by molar-refractivity contribution is -0.136. The highest BCUT2D eigenvalue weighted by molar-refractivity contribution is 5.63. The van der Waals surface area contributed by atoms with Gasteiger partial charge in [0.2, 0.25) is 0 Å². The van der Waals surface area contributed by atoms with Crippen LogP contribution in [0, 0.1) is 0 Å². The van der Waals surface area contributed by atoms with E-state index in [-0.39, 0.29) is 11.7 Å². The Bertz CT molecular complexity index is 611. The molecular formula is C14H15F3N4. The normalized spacial score (nSPS) is 11.5. The van der Waals surface area contributed by atoms with E-state index >= 15 is 0 Å². The van der Waals surface area contributed by atoms with Crippen LogP contribution in [-0.4, -0.2) is 16.0 Å². The second-order valence-electron chi connectivity index (χ2n) is 4.76. The van der Waals surface area contributed by atoms with Crippen LogP contribution in [0.15, 0.2) is 36.7 Å². The number of nitrogens with one attached hydrogen (secondary N) is 2. The lowest BCUT2D eigenvalue weighted by Crippen LogP contribution is -2.12. The summed E-state index contributed by atoms with van der Waals surface area (Å²) in [5.41, 5.74) is -0.777. The van der Waals surface area contributed by atoms with Crippen LogP contribution in [0.4, 0.5) is 30.5 Å². The van der Waals surface area contributed by atoms with Crippen molar-refractivity contribution in [3.05, 3.63) is 42.2 Å². The molecule has 0 aliphatic heterocycles. The maximum atomic E-state index is 12.9. The Kier molecular flexibility index (Phi) is 4.30. The summed E-state index contributed by atoms with van der Waals surface area (Å²) in [4.78, 5) is 7.94. The minimum atomic E-state index is -4.42. The zero-order chi connectivity index (χ0) is 15.5. The van der Waals surface area contributed by atoms with E-state index in [0.717, 1.165) is 6.07 Å². The third-order valence-electron chi connectivity index (χ3n) is 2.60. The second-order valence-corrected chi connectivity index (χ2v) is 4.76. The van der Waals surface area contributed by atoms with Gasteiger partial charge in [-0.05, 0) is 26.0 Å². The summed E-state index contributed by atoms with van der Waals surface area (Å²) in [7, 11) is 0. The Hall–Kier alpha value is -2.31. The van der Waals surface area contributed by atoms with Gasteiger partial charge in [0, 0.05) is 12.1 Å². The van der Waals surface area contributed by atoms with Gasteiger partial charge < -0.3 is 10.6 Å². The number of halogens is 3. The summed E-state index contributed by atoms with van der Waals surface area (Å²) in [6.45, 7) is 3.88. The molecule has 2 aromatic rings. The summed E-state index contributed by atoms with van der Waals surface area (Å²) < 4.78 is 38.8. The molecule has 1 aromatic heterocycles. The fourth-order valence-electron chi connectivity index (χ4n) is 1.78. The Morgan fingerprint density at radius 2 is 1.71 bits per heavy atom. The lowest BCUT2D eigenvalue weighted by Gasteiger charge is -2.14. The predicted octanol–water partition coefficient (Wildman–Crippen LogP) is 4.06. The van der Waals surface area contributed by atoms with Gasteiger partial charge >= 0.3 is 6.18 Å². The molecule has 0 spiro atoms. The van der Waals surface area contributed by atoms with Gasteiger partial charge in [-0.1, -0.05) is 12.1 Å². The van der Waals surface area contributed by atoms with Gasteiger partial charge in [-0.25, -0.2) is 9.97 Å². The van der Waals surface area contributed by atoms with Crippen molar-refractivity contribution in [1.29, 1.82) is 0 Å². The molecule has 21 heavy (non-hydrogen) atoms. The monoisotopic (exact) mass is 296 g/mol. The molecule has 112 valence electrons. The molecule has 0 amide bonds. The Labute approximate surface area is 120 Å². The van der Waals surface area contributed by atoms with Crippen LogP contribution in [0.1, 0.15) is 19.4 Å². The standard InChI is InChI=1S/C14H15F3N4/c1-9(2)20-12-7-13(19-8-18-12)21-11-6-4-3-5-10(11)14(15,16)17/h3-9H,1-2H3,(H2,18,19,20,21). The Balaban J connectivity index is 2.27. The van der Waals surface area contributed by atoms with Crippen molar-refractivity contribution < 1.29 is 13.2 Å². The number of hydrogen-bond donors (Lipinski definition) is 2. The number of rotatable bonds is 4. The first-order valence-corrected chi connectivity index (χ1v) is 6.38. The van der Waals surface area contributed by atoms with Crippen LogP contribution >= 0.6 is 0 Å². The molecule has 1 heterocycles. The van der Waals surface area contributed by atoms with E-state index in [9.17, 15) is 13.2 Å². The molecule has 1 aromatic carbocycles. The first kappa shape index (κ1) is 15.1. The third-order valence-corrected chi connectivity index (χ3v) is 2.60. The maximum absolute atomic E-state index is 12.9. The second kappa shape index (κ2) is 5.99. The van der Waals surface area contributed by atoms with E-state index in [4.69, 9.17) is 0 Å². The topological polar surface area (TPSA) is 49.8 Å². The Morgan fingerprint density at radius 3 is 2.38 bits per heavy atom. The number of benzene rings is 1. The van der Waals surface area contributed by atoms with Crippen molar-refractivity contribution in [2.45, 2.75) is 26.1 Å². The quantitative estimate of drug-likeness (QED) is 0.893. The van der Waals surface area contributed by atoms with E-state index in [1.54, 1.807) is 6.07 Å². The van der Waals surface area contributed by atoms with E-state index in [1.807, 2.05) is 13.8 Å². The fourth-order valence-corrected chi connectivity index (χ4v) is 1.78. The van der Waals surface area contributed by atoms with E-state index in [0.29, 0.717) is 11.6 Å². The highest BCUT2D eigenvalue weighted by Crippen LogP contribution is 2.35. The van der Waals surface area contributed by atoms with Gasteiger partial charge in [-0.15, -0.1) is 0 Å². The maximum Gasteiger partial charge on any atom is 0.418 e. The molecule has 0 aliphatic carbocycles. The minimum Gasteiger partial charge on any atom is -0.368 e. The van der Waals surface area contributed by atoms with Crippen LogP contribution in [0.5, 0.6) is 0 Å². The molecule has 4 nitrogen and oxygen atoms in total. The van der Waals surface area contributed by atoms with Crippen LogP contribution < -0.4 is 10.6 Å². The van der Waals surface area contributed by atoms with Crippen molar-refractivity contribution in [2.24, 2.45) is 0 Å². The van der Waals surface area contributed by atoms with Crippen LogP contribution in [0.3, 0.4) is 0 Å². The SMILES string of the molecule is CC(C)Nc1cc(Nc2ccccc2C(F)(F)F)ncn1. The molecule has 2 N–H and O–H groups in total. The Morgan fingerprint density at radius 1 is 1.05 bits per heavy atom. The third kappa shape index (κ3) is 4.08. The molecular weight excluding hydrogens is 281 g/mol. The van der Waals surface area contributed by atoms with Crippen LogP contribution in [0.25, 0.3) is 0 Å². The zero-order valence-corrected chi connectivity index (χ0v) is 11.6. The van der Waals surface area contributed by atoms with Crippen molar-refractivity contribution in [3.63, 3.8) is 0 Å². The molecule has 2 rings (SSSR count). The number of anilines is 3. The van der Waals surface area contributed by atoms with Gasteiger partial charge in [0.25, 0.3) is 0 Å². The minimum absolute atomic E-state index is 0.0424. The van der Waals surface area contributed by atoms with Gasteiger partial charge in [0.15, 0.2) is 0 Å². The molecule has 0 unspecified atom stereocenters. The molecule has 0 aliphatic rings. The number of aromatic nitrogens is 2. The number of nitrogens with zero attached hydrogens (tertiary/aromatic N) is 2. The van der Waals surface area contributed by atoms with Crippen molar-refractivity contribution in [3.8, 4) is 0 Å². The average Bonchev–Trinajstić information content (AvgIpc) is 2.37. The molecule has 0 saturated carbocycles. The summed E-state index contributed by atoms with van der Waals surface area (Å²) in [6, 6.07) is 6.99. The smallest absolute Gasteiger partial charge is 0.368 e. The van der Waals surface area contributed by atoms with Gasteiger partial charge in [-0.3, -0.25) is 0 Å². The summed E-state index contributed by atoms with van der Waals surface area (Å²) >= 11 is 0. The van der Waals surface area contributed by atoms with E-state index < -0.39 is 11.7 Å². The molecule has 0 fully saturated rings. The highest BCUT2D eigenvalue weighted by Gasteiger charge is 2.33. The number of para-hydroxylation sites is 1. The first-order valence-electron chi connectivity index (χ1n) is 6.38. The zero-order valence-electron chi connectivity index (χ0n) is 11.6. The van der Waals surface area contributed by atoms with Crippen LogP contribution in [0.2, 0.25) is 0 Å². The van der Waals surface area contributed by atoms with Gasteiger partial charge in [0.05, 0.1) is 11.3 Å². The van der Waals surface area contributed by atoms with Crippen molar-refractivity contribution >= 4 is 17.3 Å². The summed E-state index contributed by atoms with van der Waals surface area (Å²) in [6.07, 6.45) is -3.13. The van der Waals surface area contributed by atoms with Gasteiger partial charge in [0.1, 0.15) is 18.0 Å². The first-order chi connectivity index (χ1) is 9.86. The van der Waals surface area contributed by atoms with E-state index in [1.165, 1.54) is 24.5 Å². The van der Waals surface area contributed by atoms with Crippen molar-refractivity contribution in [2.75, 3.05) is 10.6 Å². The number of alkyl halides is 3. The summed E-state index contributed by atoms with van der Waals surface area (Å²) in [5.74, 6) is 0.844. The molecule has 0 bridgehead atoms. The van der Waals surface area contributed by atoms with Crippen molar-refractivity contribution in [1.82, 2.24) is 9.97 Å². The highest BCUT2D eigenvalue weighted by atomic mass is 19.4.